The fourth-order valence-electron chi connectivity index (χ4n) is 2.86. The molecule has 0 atom stereocenters. The molecule has 2 heterocycles. The number of thiophene rings is 1. The highest BCUT2D eigenvalue weighted by molar-refractivity contribution is 9.11. The van der Waals surface area contributed by atoms with E-state index in [1.807, 2.05) is 17.9 Å². The summed E-state index contributed by atoms with van der Waals surface area (Å²) in [5.74, 6) is 0.771. The molecule has 0 aliphatic carbocycles. The van der Waals surface area contributed by atoms with Crippen molar-refractivity contribution in [3.8, 4) is 0 Å². The molecule has 1 aromatic carbocycles. The lowest BCUT2D eigenvalue weighted by molar-refractivity contribution is 0.0718. The molecule has 0 spiro atoms. The Morgan fingerprint density at radius 1 is 1.24 bits per heavy atom. The van der Waals surface area contributed by atoms with Gasteiger partial charge < -0.3 is 4.90 Å². The molecule has 1 aliphatic rings. The Kier molecular flexibility index (Phi) is 4.45. The number of amides is 1. The molecule has 1 aliphatic heterocycles. The maximum absolute atomic E-state index is 12.5. The molecular formula is C17H18BrNOS. The highest BCUT2D eigenvalue weighted by Gasteiger charge is 2.25. The van der Waals surface area contributed by atoms with E-state index in [-0.39, 0.29) is 5.91 Å². The molecule has 0 unspecified atom stereocenters. The number of nitrogens with zero attached hydrogens (tertiary/aromatic N) is 1. The van der Waals surface area contributed by atoms with Crippen molar-refractivity contribution in [1.29, 1.82) is 0 Å². The van der Waals surface area contributed by atoms with Crippen molar-refractivity contribution in [2.45, 2.75) is 25.7 Å². The molecular weight excluding hydrogens is 346 g/mol. The normalized spacial score (nSPS) is 16.2. The van der Waals surface area contributed by atoms with Crippen LogP contribution in [0.5, 0.6) is 0 Å². The number of carbonyl (C=O) groups excluding carboxylic acids is 1. The lowest BCUT2D eigenvalue weighted by atomic mass is 9.89. The monoisotopic (exact) mass is 363 g/mol. The van der Waals surface area contributed by atoms with Crippen LogP contribution in [-0.2, 0) is 0 Å². The van der Waals surface area contributed by atoms with Crippen molar-refractivity contribution >= 4 is 33.2 Å². The van der Waals surface area contributed by atoms with E-state index >= 15 is 0 Å². The van der Waals surface area contributed by atoms with E-state index in [0.29, 0.717) is 5.92 Å². The molecule has 110 valence electrons. The smallest absolute Gasteiger partial charge is 0.263 e. The maximum Gasteiger partial charge on any atom is 0.263 e. The number of hydrogen-bond donors (Lipinski definition) is 0. The second-order valence-corrected chi connectivity index (χ2v) is 7.91. The number of piperidine rings is 1. The summed E-state index contributed by atoms with van der Waals surface area (Å²) < 4.78 is 1.06. The minimum absolute atomic E-state index is 0.181. The lowest BCUT2D eigenvalue weighted by Gasteiger charge is -2.32. The van der Waals surface area contributed by atoms with Crippen molar-refractivity contribution in [1.82, 2.24) is 4.90 Å². The largest absolute Gasteiger partial charge is 0.338 e. The predicted octanol–water partition coefficient (Wildman–Crippen LogP) is 4.84. The summed E-state index contributed by atoms with van der Waals surface area (Å²) >= 11 is 5.04. The molecule has 0 bridgehead atoms. The Labute approximate surface area is 137 Å². The molecule has 1 aromatic heterocycles. The second-order valence-electron chi connectivity index (χ2n) is 5.54. The Balaban J connectivity index is 1.64. The standard InChI is InChI=1S/C17H18BrNOS/c1-12-11-15(21-16(12)18)17(20)19-9-7-14(8-10-19)13-5-3-2-4-6-13/h2-6,11,14H,7-10H2,1H3. The van der Waals surface area contributed by atoms with Gasteiger partial charge in [-0.1, -0.05) is 30.3 Å². The van der Waals surface area contributed by atoms with Crippen LogP contribution in [-0.4, -0.2) is 23.9 Å². The Hall–Kier alpha value is -1.13. The number of benzene rings is 1. The fourth-order valence-corrected chi connectivity index (χ4v) is 4.36. The first-order valence-electron chi connectivity index (χ1n) is 7.25. The Morgan fingerprint density at radius 3 is 2.48 bits per heavy atom. The molecule has 1 saturated heterocycles. The zero-order chi connectivity index (χ0) is 14.8. The van der Waals surface area contributed by atoms with Gasteiger partial charge in [-0.2, -0.15) is 0 Å². The number of carbonyl (C=O) groups is 1. The predicted molar refractivity (Wildman–Crippen MR) is 91.1 cm³/mol. The van der Waals surface area contributed by atoms with Crippen LogP contribution in [0.1, 0.15) is 39.6 Å². The van der Waals surface area contributed by atoms with Crippen molar-refractivity contribution in [3.05, 3.63) is 56.2 Å². The van der Waals surface area contributed by atoms with Crippen LogP contribution in [0.25, 0.3) is 0 Å². The third-order valence-corrected chi connectivity index (χ3v) is 6.25. The molecule has 2 nitrogen and oxygen atoms in total. The minimum atomic E-state index is 0.181. The van der Waals surface area contributed by atoms with Crippen LogP contribution in [0.3, 0.4) is 0 Å². The van der Waals surface area contributed by atoms with Gasteiger partial charge in [-0.15, -0.1) is 11.3 Å². The first-order valence-corrected chi connectivity index (χ1v) is 8.86. The number of likely N-dealkylation sites (tertiary alicyclic amines) is 1. The highest BCUT2D eigenvalue weighted by Crippen LogP contribution is 2.31. The number of hydrogen-bond acceptors (Lipinski definition) is 2. The molecule has 0 radical (unpaired) electrons. The van der Waals surface area contributed by atoms with E-state index in [9.17, 15) is 4.79 Å². The van der Waals surface area contributed by atoms with Gasteiger partial charge in [0.1, 0.15) is 0 Å². The van der Waals surface area contributed by atoms with E-state index in [4.69, 9.17) is 0 Å². The van der Waals surface area contributed by atoms with E-state index in [0.717, 1.165) is 40.2 Å². The Morgan fingerprint density at radius 2 is 1.90 bits per heavy atom. The SMILES string of the molecule is Cc1cc(C(=O)N2CCC(c3ccccc3)CC2)sc1Br. The quantitative estimate of drug-likeness (QED) is 0.747. The number of aryl methyl sites for hydroxylation is 1. The number of rotatable bonds is 2. The topological polar surface area (TPSA) is 20.3 Å². The molecule has 3 rings (SSSR count). The fraction of sp³-hybridized carbons (Fsp3) is 0.353. The summed E-state index contributed by atoms with van der Waals surface area (Å²) in [6.45, 7) is 3.74. The van der Waals surface area contributed by atoms with Crippen molar-refractivity contribution < 1.29 is 4.79 Å². The van der Waals surface area contributed by atoms with Crippen LogP contribution in [0.4, 0.5) is 0 Å². The van der Waals surface area contributed by atoms with Gasteiger partial charge in [-0.25, -0.2) is 0 Å². The van der Waals surface area contributed by atoms with Crippen molar-refractivity contribution in [3.63, 3.8) is 0 Å². The van der Waals surface area contributed by atoms with E-state index in [1.165, 1.54) is 16.9 Å². The number of halogens is 1. The van der Waals surface area contributed by atoms with Gasteiger partial charge in [0.2, 0.25) is 0 Å². The lowest BCUT2D eigenvalue weighted by Crippen LogP contribution is -2.37. The zero-order valence-electron chi connectivity index (χ0n) is 12.0. The molecule has 0 N–H and O–H groups in total. The van der Waals surface area contributed by atoms with Gasteiger partial charge >= 0.3 is 0 Å². The van der Waals surface area contributed by atoms with Crippen LogP contribution in [0, 0.1) is 6.92 Å². The van der Waals surface area contributed by atoms with Gasteiger partial charge in [-0.05, 0) is 58.8 Å². The van der Waals surface area contributed by atoms with Crippen molar-refractivity contribution in [2.24, 2.45) is 0 Å². The molecule has 4 heteroatoms. The van der Waals surface area contributed by atoms with Gasteiger partial charge in [-0.3, -0.25) is 4.79 Å². The van der Waals surface area contributed by atoms with Gasteiger partial charge in [0.05, 0.1) is 8.66 Å². The summed E-state index contributed by atoms with van der Waals surface area (Å²) in [6, 6.07) is 12.6. The van der Waals surface area contributed by atoms with E-state index in [1.54, 1.807) is 0 Å². The highest BCUT2D eigenvalue weighted by atomic mass is 79.9. The third-order valence-electron chi connectivity index (χ3n) is 4.12. The van der Waals surface area contributed by atoms with Gasteiger partial charge in [0.15, 0.2) is 0 Å². The van der Waals surface area contributed by atoms with Crippen LogP contribution in [0.15, 0.2) is 40.2 Å². The summed E-state index contributed by atoms with van der Waals surface area (Å²) in [4.78, 5) is 15.4. The van der Waals surface area contributed by atoms with E-state index in [2.05, 4.69) is 46.3 Å². The molecule has 1 amide bonds. The van der Waals surface area contributed by atoms with Crippen LogP contribution in [0.2, 0.25) is 0 Å². The minimum Gasteiger partial charge on any atom is -0.338 e. The van der Waals surface area contributed by atoms with Crippen LogP contribution >= 0.6 is 27.3 Å². The van der Waals surface area contributed by atoms with Gasteiger partial charge in [0.25, 0.3) is 5.91 Å². The third kappa shape index (κ3) is 3.22. The summed E-state index contributed by atoms with van der Waals surface area (Å²) in [5.41, 5.74) is 2.54. The molecule has 0 saturated carbocycles. The average molecular weight is 364 g/mol. The summed E-state index contributed by atoms with van der Waals surface area (Å²) in [5, 5.41) is 0. The van der Waals surface area contributed by atoms with Gasteiger partial charge in [0, 0.05) is 13.1 Å². The summed E-state index contributed by atoms with van der Waals surface area (Å²) in [6.07, 6.45) is 2.11. The summed E-state index contributed by atoms with van der Waals surface area (Å²) in [7, 11) is 0. The molecule has 2 aromatic rings. The first-order chi connectivity index (χ1) is 10.1. The van der Waals surface area contributed by atoms with Crippen molar-refractivity contribution in [2.75, 3.05) is 13.1 Å². The average Bonchev–Trinajstić information content (AvgIpc) is 2.87. The zero-order valence-corrected chi connectivity index (χ0v) is 14.4. The maximum atomic E-state index is 12.5. The molecule has 21 heavy (non-hydrogen) atoms. The Bertz CT molecular complexity index is 610. The molecule has 1 fully saturated rings. The first kappa shape index (κ1) is 14.8. The van der Waals surface area contributed by atoms with E-state index < -0.39 is 0 Å². The second kappa shape index (κ2) is 6.32. The van der Waals surface area contributed by atoms with Crippen LogP contribution < -0.4 is 0 Å².